The zero-order valence-electron chi connectivity index (χ0n) is 11.2. The van der Waals surface area contributed by atoms with Crippen LogP contribution >= 0.6 is 0 Å². The summed E-state index contributed by atoms with van der Waals surface area (Å²) in [5.41, 5.74) is 11.8. The van der Waals surface area contributed by atoms with Crippen LogP contribution in [-0.2, 0) is 6.54 Å². The Balaban J connectivity index is 2.12. The molecule has 3 rings (SSSR count). The highest BCUT2D eigenvalue weighted by atomic mass is 15.0. The van der Waals surface area contributed by atoms with Gasteiger partial charge in [-0.1, -0.05) is 18.2 Å². The number of nitrogens with two attached hydrogens (primary N) is 1. The molecule has 0 bridgehead atoms. The number of aryl methyl sites for hydroxylation is 2. The Hall–Kier alpha value is -2.13. The van der Waals surface area contributed by atoms with Crippen LogP contribution in [-0.4, -0.2) is 9.38 Å². The number of nitrogens with zero attached hydrogens (tertiary/aromatic N) is 2. The minimum atomic E-state index is 0.456. The van der Waals surface area contributed by atoms with Gasteiger partial charge in [0.1, 0.15) is 5.82 Å². The smallest absolute Gasteiger partial charge is 0.127 e. The molecule has 0 aliphatic carbocycles. The van der Waals surface area contributed by atoms with E-state index in [1.54, 1.807) is 0 Å². The molecule has 3 aromatic rings. The van der Waals surface area contributed by atoms with E-state index in [2.05, 4.69) is 49.2 Å². The molecule has 3 nitrogen and oxygen atoms in total. The maximum atomic E-state index is 5.66. The summed E-state index contributed by atoms with van der Waals surface area (Å²) in [6.07, 6.45) is 3.90. The summed E-state index contributed by atoms with van der Waals surface area (Å²) in [6.45, 7) is 4.73. The standard InChI is InChI=1S/C16H17N3/c1-11-3-4-13(7-12(11)2)14-5-6-19-15(8-14)10-18-16(19)9-17/h3-8,10H,9,17H2,1-2H3. The van der Waals surface area contributed by atoms with Crippen LogP contribution in [0.2, 0.25) is 0 Å². The van der Waals surface area contributed by atoms with Crippen LogP contribution < -0.4 is 5.73 Å². The second-order valence-electron chi connectivity index (χ2n) is 4.89. The van der Waals surface area contributed by atoms with Crippen LogP contribution in [0.4, 0.5) is 0 Å². The molecule has 3 heteroatoms. The van der Waals surface area contributed by atoms with Crippen molar-refractivity contribution in [3.63, 3.8) is 0 Å². The minimum absolute atomic E-state index is 0.456. The zero-order chi connectivity index (χ0) is 13.4. The van der Waals surface area contributed by atoms with Gasteiger partial charge in [0.2, 0.25) is 0 Å². The molecule has 0 unspecified atom stereocenters. The molecule has 1 aromatic carbocycles. The van der Waals surface area contributed by atoms with Crippen molar-refractivity contribution in [2.75, 3.05) is 0 Å². The molecule has 2 N–H and O–H groups in total. The lowest BCUT2D eigenvalue weighted by Gasteiger charge is -2.07. The lowest BCUT2D eigenvalue weighted by Crippen LogP contribution is -2.02. The van der Waals surface area contributed by atoms with Crippen LogP contribution in [0.5, 0.6) is 0 Å². The second kappa shape index (κ2) is 4.52. The summed E-state index contributed by atoms with van der Waals surface area (Å²) in [6, 6.07) is 10.8. The second-order valence-corrected chi connectivity index (χ2v) is 4.89. The van der Waals surface area contributed by atoms with Crippen molar-refractivity contribution in [2.45, 2.75) is 20.4 Å². The Morgan fingerprint density at radius 3 is 2.58 bits per heavy atom. The Morgan fingerprint density at radius 1 is 1.05 bits per heavy atom. The molecular weight excluding hydrogens is 234 g/mol. The van der Waals surface area contributed by atoms with E-state index in [0.717, 1.165) is 11.3 Å². The first kappa shape index (κ1) is 11.9. The summed E-state index contributed by atoms with van der Waals surface area (Å²) in [5.74, 6) is 0.890. The third-order valence-electron chi connectivity index (χ3n) is 3.63. The number of hydrogen-bond acceptors (Lipinski definition) is 2. The summed E-state index contributed by atoms with van der Waals surface area (Å²) >= 11 is 0. The summed E-state index contributed by atoms with van der Waals surface area (Å²) in [4.78, 5) is 4.32. The number of fused-ring (bicyclic) bond motifs is 1. The van der Waals surface area contributed by atoms with Gasteiger partial charge in [-0.15, -0.1) is 0 Å². The van der Waals surface area contributed by atoms with Crippen molar-refractivity contribution >= 4 is 5.52 Å². The molecular formula is C16H17N3. The molecule has 0 aliphatic rings. The fraction of sp³-hybridized carbons (Fsp3) is 0.188. The quantitative estimate of drug-likeness (QED) is 0.760. The highest BCUT2D eigenvalue weighted by Gasteiger charge is 2.04. The Morgan fingerprint density at radius 2 is 1.84 bits per heavy atom. The predicted octanol–water partition coefficient (Wildman–Crippen LogP) is 3.08. The molecule has 0 saturated carbocycles. The van der Waals surface area contributed by atoms with E-state index in [0.29, 0.717) is 6.54 Å². The molecule has 0 atom stereocenters. The molecule has 0 saturated heterocycles. The highest BCUT2D eigenvalue weighted by molar-refractivity contribution is 5.69. The van der Waals surface area contributed by atoms with E-state index in [9.17, 15) is 0 Å². The normalized spacial score (nSPS) is 11.1. The van der Waals surface area contributed by atoms with Crippen molar-refractivity contribution < 1.29 is 0 Å². The summed E-state index contributed by atoms with van der Waals surface area (Å²) in [7, 11) is 0. The van der Waals surface area contributed by atoms with E-state index in [1.807, 2.05) is 16.8 Å². The third-order valence-corrected chi connectivity index (χ3v) is 3.63. The number of benzene rings is 1. The SMILES string of the molecule is Cc1ccc(-c2ccn3c(CN)ncc3c2)cc1C. The Labute approximate surface area is 112 Å². The average Bonchev–Trinajstić information content (AvgIpc) is 2.84. The predicted molar refractivity (Wildman–Crippen MR) is 78.0 cm³/mol. The molecule has 0 aliphatic heterocycles. The van der Waals surface area contributed by atoms with Gasteiger partial charge in [0.15, 0.2) is 0 Å². The van der Waals surface area contributed by atoms with Crippen molar-refractivity contribution in [1.29, 1.82) is 0 Å². The molecule has 96 valence electrons. The summed E-state index contributed by atoms with van der Waals surface area (Å²) < 4.78 is 2.03. The molecule has 0 radical (unpaired) electrons. The number of imidazole rings is 1. The van der Waals surface area contributed by atoms with Gasteiger partial charge in [-0.2, -0.15) is 0 Å². The van der Waals surface area contributed by atoms with E-state index in [1.165, 1.54) is 22.3 Å². The monoisotopic (exact) mass is 251 g/mol. The third kappa shape index (κ3) is 2.02. The fourth-order valence-electron chi connectivity index (χ4n) is 2.31. The number of pyridine rings is 1. The van der Waals surface area contributed by atoms with Crippen LogP contribution in [0.1, 0.15) is 17.0 Å². The van der Waals surface area contributed by atoms with Crippen molar-refractivity contribution in [3.8, 4) is 11.1 Å². The Kier molecular flexibility index (Phi) is 2.84. The Bertz CT molecular complexity index is 741. The molecule has 19 heavy (non-hydrogen) atoms. The minimum Gasteiger partial charge on any atom is -0.324 e. The molecule has 0 spiro atoms. The lowest BCUT2D eigenvalue weighted by atomic mass is 10.0. The highest BCUT2D eigenvalue weighted by Crippen LogP contribution is 2.23. The maximum Gasteiger partial charge on any atom is 0.127 e. The van der Waals surface area contributed by atoms with Gasteiger partial charge < -0.3 is 10.1 Å². The summed E-state index contributed by atoms with van der Waals surface area (Å²) in [5, 5.41) is 0. The van der Waals surface area contributed by atoms with Gasteiger partial charge in [-0.25, -0.2) is 4.98 Å². The first-order valence-electron chi connectivity index (χ1n) is 6.43. The molecule has 2 aromatic heterocycles. The van der Waals surface area contributed by atoms with E-state index in [4.69, 9.17) is 5.73 Å². The number of hydrogen-bond donors (Lipinski definition) is 1. The van der Waals surface area contributed by atoms with Gasteiger partial charge in [0, 0.05) is 6.20 Å². The largest absolute Gasteiger partial charge is 0.324 e. The number of rotatable bonds is 2. The van der Waals surface area contributed by atoms with Gasteiger partial charge in [-0.05, 0) is 48.2 Å². The van der Waals surface area contributed by atoms with Crippen LogP contribution in [0, 0.1) is 13.8 Å². The molecule has 0 fully saturated rings. The van der Waals surface area contributed by atoms with Gasteiger partial charge in [0.25, 0.3) is 0 Å². The lowest BCUT2D eigenvalue weighted by molar-refractivity contribution is 0.904. The first-order chi connectivity index (χ1) is 9.19. The van der Waals surface area contributed by atoms with Crippen LogP contribution in [0.15, 0.2) is 42.7 Å². The van der Waals surface area contributed by atoms with Crippen molar-refractivity contribution in [3.05, 3.63) is 59.7 Å². The van der Waals surface area contributed by atoms with E-state index >= 15 is 0 Å². The average molecular weight is 251 g/mol. The topological polar surface area (TPSA) is 43.3 Å². The van der Waals surface area contributed by atoms with Crippen LogP contribution in [0.25, 0.3) is 16.6 Å². The van der Waals surface area contributed by atoms with Crippen molar-refractivity contribution in [1.82, 2.24) is 9.38 Å². The number of aromatic nitrogens is 2. The maximum absolute atomic E-state index is 5.66. The van der Waals surface area contributed by atoms with Crippen LogP contribution in [0.3, 0.4) is 0 Å². The van der Waals surface area contributed by atoms with Gasteiger partial charge in [-0.3, -0.25) is 0 Å². The fourth-order valence-corrected chi connectivity index (χ4v) is 2.31. The van der Waals surface area contributed by atoms with Gasteiger partial charge >= 0.3 is 0 Å². The van der Waals surface area contributed by atoms with Gasteiger partial charge in [0.05, 0.1) is 18.3 Å². The van der Waals surface area contributed by atoms with E-state index < -0.39 is 0 Å². The first-order valence-corrected chi connectivity index (χ1v) is 6.43. The van der Waals surface area contributed by atoms with Crippen molar-refractivity contribution in [2.24, 2.45) is 5.73 Å². The van der Waals surface area contributed by atoms with E-state index in [-0.39, 0.29) is 0 Å². The molecule has 2 heterocycles. The molecule has 0 amide bonds. The zero-order valence-corrected chi connectivity index (χ0v) is 11.2.